The van der Waals surface area contributed by atoms with E-state index in [-0.39, 0.29) is 11.6 Å². The van der Waals surface area contributed by atoms with Crippen molar-refractivity contribution in [2.24, 2.45) is 5.84 Å². The van der Waals surface area contributed by atoms with Gasteiger partial charge >= 0.3 is 0 Å². The first kappa shape index (κ1) is 15.2. The molecule has 19 heavy (non-hydrogen) atoms. The summed E-state index contributed by atoms with van der Waals surface area (Å²) in [5, 5.41) is 0. The standard InChI is InChI=1S/C15H30N2O2/c1-18-15(10-4-2-3-5-11-15)14(17-16)9-8-13-7-6-12-19-13/h13-14,17H,2-12,16H2,1H3. The Morgan fingerprint density at radius 2 is 2.00 bits per heavy atom. The SMILES string of the molecule is COC1(C(CCC2CCCO2)NN)CCCCCC1. The highest BCUT2D eigenvalue weighted by Crippen LogP contribution is 2.35. The van der Waals surface area contributed by atoms with Crippen LogP contribution in [0.25, 0.3) is 0 Å². The lowest BCUT2D eigenvalue weighted by Gasteiger charge is -2.39. The maximum Gasteiger partial charge on any atom is 0.0844 e. The average molecular weight is 270 g/mol. The molecule has 1 aliphatic carbocycles. The van der Waals surface area contributed by atoms with Crippen molar-refractivity contribution in [2.45, 2.75) is 82.0 Å². The first-order chi connectivity index (χ1) is 9.30. The molecule has 0 aromatic carbocycles. The van der Waals surface area contributed by atoms with E-state index in [0.29, 0.717) is 6.10 Å². The number of nitrogens with two attached hydrogens (primary N) is 1. The van der Waals surface area contributed by atoms with Crippen LogP contribution in [0.15, 0.2) is 0 Å². The van der Waals surface area contributed by atoms with Crippen molar-refractivity contribution in [3.05, 3.63) is 0 Å². The number of methoxy groups -OCH3 is 1. The fourth-order valence-electron chi connectivity index (χ4n) is 3.74. The smallest absolute Gasteiger partial charge is 0.0844 e. The predicted octanol–water partition coefficient (Wildman–Crippen LogP) is 2.52. The number of nitrogens with one attached hydrogen (secondary N) is 1. The molecular formula is C15H30N2O2. The molecule has 2 atom stereocenters. The maximum atomic E-state index is 5.94. The monoisotopic (exact) mass is 270 g/mol. The molecule has 0 aromatic heterocycles. The normalized spacial score (nSPS) is 29.1. The van der Waals surface area contributed by atoms with E-state index in [1.165, 1.54) is 38.5 Å². The van der Waals surface area contributed by atoms with E-state index in [0.717, 1.165) is 32.3 Å². The Morgan fingerprint density at radius 3 is 2.53 bits per heavy atom. The summed E-state index contributed by atoms with van der Waals surface area (Å²) in [6.07, 6.45) is 12.4. The third-order valence-electron chi connectivity index (χ3n) is 4.99. The van der Waals surface area contributed by atoms with Crippen molar-refractivity contribution in [2.75, 3.05) is 13.7 Å². The predicted molar refractivity (Wildman–Crippen MR) is 76.8 cm³/mol. The minimum absolute atomic E-state index is 0.0656. The van der Waals surface area contributed by atoms with E-state index in [9.17, 15) is 0 Å². The maximum absolute atomic E-state index is 5.94. The van der Waals surface area contributed by atoms with Gasteiger partial charge in [-0.1, -0.05) is 25.7 Å². The number of hydrogen-bond donors (Lipinski definition) is 2. The largest absolute Gasteiger partial charge is 0.378 e. The van der Waals surface area contributed by atoms with Crippen molar-refractivity contribution in [1.29, 1.82) is 0 Å². The van der Waals surface area contributed by atoms with Crippen LogP contribution in [0.5, 0.6) is 0 Å². The number of hydrogen-bond acceptors (Lipinski definition) is 4. The second-order valence-corrected chi connectivity index (χ2v) is 6.11. The van der Waals surface area contributed by atoms with E-state index in [2.05, 4.69) is 5.43 Å². The fraction of sp³-hybridized carbons (Fsp3) is 1.00. The highest BCUT2D eigenvalue weighted by atomic mass is 16.5. The van der Waals surface area contributed by atoms with Gasteiger partial charge in [0.05, 0.1) is 17.7 Å². The molecule has 1 heterocycles. The molecule has 2 aliphatic rings. The highest BCUT2D eigenvalue weighted by molar-refractivity contribution is 4.94. The Hall–Kier alpha value is -0.160. The van der Waals surface area contributed by atoms with Crippen molar-refractivity contribution in [3.63, 3.8) is 0 Å². The van der Waals surface area contributed by atoms with Gasteiger partial charge in [0.2, 0.25) is 0 Å². The summed E-state index contributed by atoms with van der Waals surface area (Å²) in [5.74, 6) is 5.83. The zero-order valence-electron chi connectivity index (χ0n) is 12.3. The summed E-state index contributed by atoms with van der Waals surface area (Å²) >= 11 is 0. The van der Waals surface area contributed by atoms with Crippen LogP contribution in [0, 0.1) is 0 Å². The average Bonchev–Trinajstić information content (AvgIpc) is 2.84. The van der Waals surface area contributed by atoms with E-state index in [4.69, 9.17) is 15.3 Å². The summed E-state index contributed by atoms with van der Waals surface area (Å²) in [5.41, 5.74) is 2.97. The zero-order chi connectivity index (χ0) is 13.6. The van der Waals surface area contributed by atoms with Gasteiger partial charge in [0, 0.05) is 13.7 Å². The van der Waals surface area contributed by atoms with Gasteiger partial charge < -0.3 is 9.47 Å². The van der Waals surface area contributed by atoms with Crippen LogP contribution in [-0.2, 0) is 9.47 Å². The van der Waals surface area contributed by atoms with Gasteiger partial charge in [-0.05, 0) is 38.5 Å². The zero-order valence-corrected chi connectivity index (χ0v) is 12.3. The Labute approximate surface area is 117 Å². The van der Waals surface area contributed by atoms with Crippen molar-refractivity contribution < 1.29 is 9.47 Å². The molecule has 112 valence electrons. The molecule has 0 bridgehead atoms. The van der Waals surface area contributed by atoms with Crippen LogP contribution in [0.3, 0.4) is 0 Å². The number of ether oxygens (including phenoxy) is 2. The lowest BCUT2D eigenvalue weighted by molar-refractivity contribution is -0.0577. The van der Waals surface area contributed by atoms with E-state index in [1.807, 2.05) is 7.11 Å². The molecule has 0 amide bonds. The van der Waals surface area contributed by atoms with Gasteiger partial charge in [0.15, 0.2) is 0 Å². The van der Waals surface area contributed by atoms with Crippen molar-refractivity contribution >= 4 is 0 Å². The fourth-order valence-corrected chi connectivity index (χ4v) is 3.74. The van der Waals surface area contributed by atoms with Crippen LogP contribution in [0.4, 0.5) is 0 Å². The highest BCUT2D eigenvalue weighted by Gasteiger charge is 2.38. The summed E-state index contributed by atoms with van der Waals surface area (Å²) in [6, 6.07) is 0.250. The molecule has 1 aliphatic heterocycles. The topological polar surface area (TPSA) is 56.5 Å². The minimum atomic E-state index is -0.0656. The molecule has 0 radical (unpaired) electrons. The first-order valence-electron chi connectivity index (χ1n) is 7.93. The summed E-state index contributed by atoms with van der Waals surface area (Å²) in [7, 11) is 1.85. The van der Waals surface area contributed by atoms with Crippen LogP contribution in [0.2, 0.25) is 0 Å². The molecule has 2 fully saturated rings. The minimum Gasteiger partial charge on any atom is -0.378 e. The Bertz CT molecular complexity index is 247. The first-order valence-corrected chi connectivity index (χ1v) is 7.93. The molecule has 3 N–H and O–H groups in total. The van der Waals surface area contributed by atoms with Crippen molar-refractivity contribution in [3.8, 4) is 0 Å². The summed E-state index contributed by atoms with van der Waals surface area (Å²) in [4.78, 5) is 0. The number of rotatable bonds is 6. The quantitative estimate of drug-likeness (QED) is 0.442. The molecule has 1 saturated carbocycles. The van der Waals surface area contributed by atoms with Crippen LogP contribution < -0.4 is 11.3 Å². The molecule has 0 spiro atoms. The van der Waals surface area contributed by atoms with Crippen LogP contribution in [-0.4, -0.2) is 31.5 Å². The van der Waals surface area contributed by atoms with Gasteiger partial charge in [0.25, 0.3) is 0 Å². The second-order valence-electron chi connectivity index (χ2n) is 6.11. The van der Waals surface area contributed by atoms with Crippen LogP contribution in [0.1, 0.15) is 64.2 Å². The molecule has 2 rings (SSSR count). The van der Waals surface area contributed by atoms with E-state index < -0.39 is 0 Å². The molecule has 2 unspecified atom stereocenters. The Balaban J connectivity index is 1.91. The lowest BCUT2D eigenvalue weighted by Crippen LogP contribution is -2.54. The Morgan fingerprint density at radius 1 is 1.26 bits per heavy atom. The van der Waals surface area contributed by atoms with Gasteiger partial charge in [-0.3, -0.25) is 11.3 Å². The third kappa shape index (κ3) is 3.91. The van der Waals surface area contributed by atoms with E-state index in [1.54, 1.807) is 0 Å². The van der Waals surface area contributed by atoms with Crippen molar-refractivity contribution in [1.82, 2.24) is 5.43 Å². The molecule has 4 nitrogen and oxygen atoms in total. The molecule has 0 aromatic rings. The van der Waals surface area contributed by atoms with Gasteiger partial charge in [-0.25, -0.2) is 0 Å². The van der Waals surface area contributed by atoms with E-state index >= 15 is 0 Å². The van der Waals surface area contributed by atoms with Gasteiger partial charge in [-0.15, -0.1) is 0 Å². The molecule has 4 heteroatoms. The Kier molecular flexibility index (Phi) is 6.07. The lowest BCUT2D eigenvalue weighted by atomic mass is 9.83. The number of hydrazine groups is 1. The van der Waals surface area contributed by atoms with Gasteiger partial charge in [0.1, 0.15) is 0 Å². The van der Waals surface area contributed by atoms with Gasteiger partial charge in [-0.2, -0.15) is 0 Å². The summed E-state index contributed by atoms with van der Waals surface area (Å²) in [6.45, 7) is 0.931. The third-order valence-corrected chi connectivity index (χ3v) is 4.99. The molecular weight excluding hydrogens is 240 g/mol. The summed E-state index contributed by atoms with van der Waals surface area (Å²) < 4.78 is 11.7. The molecule has 1 saturated heterocycles. The van der Waals surface area contributed by atoms with Crippen LogP contribution >= 0.6 is 0 Å². The second kappa shape index (κ2) is 7.58.